The van der Waals surface area contributed by atoms with Crippen LogP contribution in [0.1, 0.15) is 18.1 Å². The summed E-state index contributed by atoms with van der Waals surface area (Å²) in [5.41, 5.74) is 3.01. The van der Waals surface area contributed by atoms with E-state index in [1.165, 1.54) is 11.8 Å². The number of fused-ring (bicyclic) bond motifs is 1. The fourth-order valence-corrected chi connectivity index (χ4v) is 4.70. The largest absolute Gasteiger partial charge is 0.493 e. The molecule has 0 saturated heterocycles. The molecule has 4 rings (SSSR count). The number of ether oxygens (including phenoxy) is 2. The molecule has 1 heterocycles. The number of methoxy groups -OCH3 is 2. The van der Waals surface area contributed by atoms with Crippen LogP contribution in [0.4, 0.5) is 0 Å². The molecule has 1 N–H and O–H groups in total. The van der Waals surface area contributed by atoms with E-state index in [9.17, 15) is 9.59 Å². The Balaban J connectivity index is 1.60. The van der Waals surface area contributed by atoms with Crippen LogP contribution in [-0.4, -0.2) is 34.9 Å². The van der Waals surface area contributed by atoms with Gasteiger partial charge in [0.15, 0.2) is 16.7 Å². The lowest BCUT2D eigenvalue weighted by molar-refractivity contribution is -0.120. The van der Waals surface area contributed by atoms with Crippen molar-refractivity contribution in [3.8, 4) is 17.2 Å². The molecule has 0 radical (unpaired) electrons. The van der Waals surface area contributed by atoms with Gasteiger partial charge >= 0.3 is 0 Å². The van der Waals surface area contributed by atoms with E-state index in [0.29, 0.717) is 34.1 Å². The number of hydrogen-bond donors (Lipinski definition) is 1. The van der Waals surface area contributed by atoms with E-state index in [1.54, 1.807) is 37.8 Å². The van der Waals surface area contributed by atoms with E-state index >= 15 is 0 Å². The molecule has 0 aliphatic heterocycles. The maximum absolute atomic E-state index is 13.5. The number of thioether (sulfide) groups is 1. The van der Waals surface area contributed by atoms with Gasteiger partial charge in [-0.05, 0) is 55.3 Å². The van der Waals surface area contributed by atoms with Gasteiger partial charge in [-0.1, -0.05) is 48.2 Å². The SMILES string of the molecule is COc1ccc(CNC(=O)C(C)Sc2nc3ccccc3c(=O)n2-c2ccccc2C)cc1OC. The molecule has 1 aromatic heterocycles. The van der Waals surface area contributed by atoms with Crippen LogP contribution in [-0.2, 0) is 11.3 Å². The lowest BCUT2D eigenvalue weighted by atomic mass is 10.2. The zero-order chi connectivity index (χ0) is 24.9. The Morgan fingerprint density at radius 3 is 2.49 bits per heavy atom. The number of para-hydroxylation sites is 2. The highest BCUT2D eigenvalue weighted by Crippen LogP contribution is 2.28. The summed E-state index contributed by atoms with van der Waals surface area (Å²) >= 11 is 1.25. The molecular formula is C27H27N3O4S. The Hall–Kier alpha value is -3.78. The Labute approximate surface area is 208 Å². The predicted molar refractivity (Wildman–Crippen MR) is 139 cm³/mol. The molecule has 0 spiro atoms. The van der Waals surface area contributed by atoms with Crippen LogP contribution in [0.25, 0.3) is 16.6 Å². The number of benzene rings is 3. The molecule has 7 nitrogen and oxygen atoms in total. The second-order valence-electron chi connectivity index (χ2n) is 8.01. The highest BCUT2D eigenvalue weighted by atomic mass is 32.2. The summed E-state index contributed by atoms with van der Waals surface area (Å²) in [4.78, 5) is 31.2. The van der Waals surface area contributed by atoms with Crippen molar-refractivity contribution in [3.63, 3.8) is 0 Å². The lowest BCUT2D eigenvalue weighted by Crippen LogP contribution is -2.31. The molecule has 0 fully saturated rings. The minimum Gasteiger partial charge on any atom is -0.493 e. The van der Waals surface area contributed by atoms with Crippen molar-refractivity contribution in [2.45, 2.75) is 30.8 Å². The van der Waals surface area contributed by atoms with Gasteiger partial charge in [-0.3, -0.25) is 14.2 Å². The lowest BCUT2D eigenvalue weighted by Gasteiger charge is -2.18. The Bertz CT molecular complexity index is 1430. The van der Waals surface area contributed by atoms with Crippen molar-refractivity contribution in [2.75, 3.05) is 14.2 Å². The Morgan fingerprint density at radius 2 is 1.74 bits per heavy atom. The van der Waals surface area contributed by atoms with Crippen molar-refractivity contribution in [3.05, 3.63) is 88.2 Å². The maximum Gasteiger partial charge on any atom is 0.266 e. The number of carbonyl (C=O) groups is 1. The minimum atomic E-state index is -0.488. The summed E-state index contributed by atoms with van der Waals surface area (Å²) in [7, 11) is 3.15. The smallest absolute Gasteiger partial charge is 0.266 e. The molecule has 4 aromatic rings. The summed E-state index contributed by atoms with van der Waals surface area (Å²) in [5.74, 6) is 1.07. The van der Waals surface area contributed by atoms with Gasteiger partial charge in [-0.2, -0.15) is 0 Å². The third kappa shape index (κ3) is 5.17. The summed E-state index contributed by atoms with van der Waals surface area (Å²) in [6, 6.07) is 20.4. The minimum absolute atomic E-state index is 0.162. The standard InChI is InChI=1S/C27H27N3O4S/c1-17-9-5-8-12-22(17)30-26(32)20-10-6-7-11-21(20)29-27(30)35-18(2)25(31)28-16-19-13-14-23(33-3)24(15-19)34-4/h5-15,18H,16H2,1-4H3,(H,28,31). The van der Waals surface area contributed by atoms with E-state index in [4.69, 9.17) is 14.5 Å². The van der Waals surface area contributed by atoms with Crippen LogP contribution in [0.3, 0.4) is 0 Å². The van der Waals surface area contributed by atoms with Gasteiger partial charge < -0.3 is 14.8 Å². The highest BCUT2D eigenvalue weighted by molar-refractivity contribution is 8.00. The first-order chi connectivity index (χ1) is 16.9. The highest BCUT2D eigenvalue weighted by Gasteiger charge is 2.21. The molecule has 1 amide bonds. The maximum atomic E-state index is 13.5. The van der Waals surface area contributed by atoms with E-state index < -0.39 is 5.25 Å². The first kappa shape index (κ1) is 24.3. The van der Waals surface area contributed by atoms with E-state index in [2.05, 4.69) is 5.32 Å². The van der Waals surface area contributed by atoms with Crippen molar-refractivity contribution in [1.29, 1.82) is 0 Å². The van der Waals surface area contributed by atoms with Crippen molar-refractivity contribution < 1.29 is 14.3 Å². The summed E-state index contributed by atoms with van der Waals surface area (Å²) in [5, 5.41) is 3.47. The van der Waals surface area contributed by atoms with Crippen molar-refractivity contribution in [2.24, 2.45) is 0 Å². The fraction of sp³-hybridized carbons (Fsp3) is 0.222. The molecule has 0 bridgehead atoms. The quantitative estimate of drug-likeness (QED) is 0.290. The van der Waals surface area contributed by atoms with Crippen LogP contribution in [0.15, 0.2) is 76.7 Å². The number of hydrogen-bond acceptors (Lipinski definition) is 6. The van der Waals surface area contributed by atoms with Crippen LogP contribution in [0.5, 0.6) is 11.5 Å². The van der Waals surface area contributed by atoms with Gasteiger partial charge in [0.1, 0.15) is 0 Å². The number of nitrogens with zero attached hydrogens (tertiary/aromatic N) is 2. The van der Waals surface area contributed by atoms with Gasteiger partial charge in [0.2, 0.25) is 5.91 Å². The molecule has 0 aliphatic carbocycles. The van der Waals surface area contributed by atoms with E-state index in [1.807, 2.05) is 61.5 Å². The third-order valence-corrected chi connectivity index (χ3v) is 6.72. The molecule has 1 unspecified atom stereocenters. The summed E-state index contributed by atoms with van der Waals surface area (Å²) in [6.45, 7) is 4.09. The van der Waals surface area contributed by atoms with Crippen LogP contribution < -0.4 is 20.3 Å². The number of rotatable bonds is 8. The van der Waals surface area contributed by atoms with Gasteiger partial charge in [0.05, 0.1) is 36.1 Å². The van der Waals surface area contributed by atoms with Gasteiger partial charge in [-0.25, -0.2) is 4.98 Å². The first-order valence-electron chi connectivity index (χ1n) is 11.2. The average molecular weight is 490 g/mol. The molecule has 1 atom stereocenters. The number of aromatic nitrogens is 2. The number of amides is 1. The Kier molecular flexibility index (Phi) is 7.41. The molecule has 8 heteroatoms. The van der Waals surface area contributed by atoms with Crippen molar-refractivity contribution >= 4 is 28.6 Å². The molecular weight excluding hydrogens is 462 g/mol. The van der Waals surface area contributed by atoms with Crippen LogP contribution >= 0.6 is 11.8 Å². The van der Waals surface area contributed by atoms with Gasteiger partial charge in [0, 0.05) is 6.54 Å². The van der Waals surface area contributed by atoms with Gasteiger partial charge in [-0.15, -0.1) is 0 Å². The summed E-state index contributed by atoms with van der Waals surface area (Å²) < 4.78 is 12.2. The Morgan fingerprint density at radius 1 is 1.03 bits per heavy atom. The molecule has 0 saturated carbocycles. The average Bonchev–Trinajstić information content (AvgIpc) is 2.88. The predicted octanol–water partition coefficient (Wildman–Crippen LogP) is 4.51. The molecule has 0 aliphatic rings. The van der Waals surface area contributed by atoms with Gasteiger partial charge in [0.25, 0.3) is 5.56 Å². The summed E-state index contributed by atoms with van der Waals surface area (Å²) in [6.07, 6.45) is 0. The zero-order valence-corrected chi connectivity index (χ0v) is 20.9. The normalized spacial score (nSPS) is 11.8. The van der Waals surface area contributed by atoms with Crippen molar-refractivity contribution in [1.82, 2.24) is 14.9 Å². The fourth-order valence-electron chi connectivity index (χ4n) is 3.75. The van der Waals surface area contributed by atoms with Crippen LogP contribution in [0.2, 0.25) is 0 Å². The first-order valence-corrected chi connectivity index (χ1v) is 12.0. The zero-order valence-electron chi connectivity index (χ0n) is 20.1. The van der Waals surface area contributed by atoms with Crippen LogP contribution in [0, 0.1) is 6.92 Å². The van der Waals surface area contributed by atoms with E-state index in [-0.39, 0.29) is 11.5 Å². The topological polar surface area (TPSA) is 82.5 Å². The second kappa shape index (κ2) is 10.7. The monoisotopic (exact) mass is 489 g/mol. The molecule has 180 valence electrons. The number of nitrogens with one attached hydrogen (secondary N) is 1. The third-order valence-electron chi connectivity index (χ3n) is 5.67. The molecule has 35 heavy (non-hydrogen) atoms. The molecule has 3 aromatic carbocycles. The number of carbonyl (C=O) groups excluding carboxylic acids is 1. The van der Waals surface area contributed by atoms with E-state index in [0.717, 1.165) is 16.8 Å². The second-order valence-corrected chi connectivity index (χ2v) is 9.31. The number of aryl methyl sites for hydroxylation is 1.